The van der Waals surface area contributed by atoms with Crippen molar-refractivity contribution in [1.82, 2.24) is 5.32 Å². The first kappa shape index (κ1) is 22.2. The molecule has 0 fully saturated rings. The summed E-state index contributed by atoms with van der Waals surface area (Å²) in [6, 6.07) is 3.43. The topological polar surface area (TPSA) is 82.8 Å². The summed E-state index contributed by atoms with van der Waals surface area (Å²) in [5.74, 6) is -2.22. The van der Waals surface area contributed by atoms with Crippen molar-refractivity contribution in [1.29, 1.82) is 0 Å². The van der Waals surface area contributed by atoms with Crippen LogP contribution in [0, 0.1) is 0 Å². The van der Waals surface area contributed by atoms with E-state index in [2.05, 4.69) is 5.32 Å². The molecule has 0 aliphatic carbocycles. The number of hydrogen-bond donors (Lipinski definition) is 2. The second kappa shape index (κ2) is 10.1. The second-order valence-electron chi connectivity index (χ2n) is 4.83. The summed E-state index contributed by atoms with van der Waals surface area (Å²) in [7, 11) is 4.45. The highest BCUT2D eigenvalue weighted by molar-refractivity contribution is 5.85. The van der Waals surface area contributed by atoms with Crippen LogP contribution < -0.4 is 25.3 Å². The minimum absolute atomic E-state index is 0. The Kier molecular flexibility index (Phi) is 9.38. The van der Waals surface area contributed by atoms with Gasteiger partial charge < -0.3 is 25.3 Å². The maximum absolute atomic E-state index is 13.0. The molecule has 0 bridgehead atoms. The highest BCUT2D eigenvalue weighted by atomic mass is 35.5. The molecule has 0 saturated heterocycles. The van der Waals surface area contributed by atoms with Gasteiger partial charge in [0.15, 0.2) is 11.5 Å². The molecule has 138 valence electrons. The number of alkyl halides is 2. The van der Waals surface area contributed by atoms with Gasteiger partial charge in [0.25, 0.3) is 5.92 Å². The third-order valence-electron chi connectivity index (χ3n) is 3.25. The monoisotopic (exact) mass is 368 g/mol. The first-order chi connectivity index (χ1) is 10.9. The number of rotatable bonds is 9. The van der Waals surface area contributed by atoms with Gasteiger partial charge in [-0.1, -0.05) is 6.07 Å². The Bertz CT molecular complexity index is 544. The number of carbonyl (C=O) groups excluding carboxylic acids is 1. The smallest absolute Gasteiger partial charge is 0.277 e. The number of carbonyl (C=O) groups is 1. The van der Waals surface area contributed by atoms with Crippen LogP contribution in [0.15, 0.2) is 12.1 Å². The van der Waals surface area contributed by atoms with Crippen LogP contribution in [0.1, 0.15) is 12.0 Å². The third kappa shape index (κ3) is 6.01. The lowest BCUT2D eigenvalue weighted by Gasteiger charge is -2.16. The highest BCUT2D eigenvalue weighted by Gasteiger charge is 2.27. The van der Waals surface area contributed by atoms with E-state index in [0.29, 0.717) is 29.2 Å². The third-order valence-corrected chi connectivity index (χ3v) is 3.25. The molecule has 9 heteroatoms. The van der Waals surface area contributed by atoms with Gasteiger partial charge in [0.2, 0.25) is 11.7 Å². The maximum Gasteiger partial charge on any atom is 0.277 e. The first-order valence-electron chi connectivity index (χ1n) is 7.01. The fourth-order valence-corrected chi connectivity index (χ4v) is 2.00. The Labute approximate surface area is 146 Å². The molecule has 0 aliphatic rings. The van der Waals surface area contributed by atoms with Crippen LogP contribution in [0.3, 0.4) is 0 Å². The number of halogens is 3. The first-order valence-corrected chi connectivity index (χ1v) is 7.01. The number of ether oxygens (including phenoxy) is 3. The van der Waals surface area contributed by atoms with Gasteiger partial charge in [-0.3, -0.25) is 4.79 Å². The zero-order valence-corrected chi connectivity index (χ0v) is 14.7. The number of hydrogen-bond acceptors (Lipinski definition) is 5. The van der Waals surface area contributed by atoms with Crippen LogP contribution in [-0.2, 0) is 11.2 Å². The number of nitrogens with one attached hydrogen (secondary N) is 1. The summed E-state index contributed by atoms with van der Waals surface area (Å²) in [4.78, 5) is 11.7. The molecule has 6 nitrogen and oxygen atoms in total. The van der Waals surface area contributed by atoms with Crippen molar-refractivity contribution in [2.45, 2.75) is 18.8 Å². The fraction of sp³-hybridized carbons (Fsp3) is 0.533. The second-order valence-corrected chi connectivity index (χ2v) is 4.83. The van der Waals surface area contributed by atoms with Gasteiger partial charge in [-0.15, -0.1) is 12.4 Å². The molecule has 3 N–H and O–H groups in total. The van der Waals surface area contributed by atoms with E-state index in [0.717, 1.165) is 0 Å². The van der Waals surface area contributed by atoms with Gasteiger partial charge in [-0.2, -0.15) is 0 Å². The molecule has 1 rings (SSSR count). The van der Waals surface area contributed by atoms with Crippen molar-refractivity contribution in [3.05, 3.63) is 17.7 Å². The van der Waals surface area contributed by atoms with Crippen LogP contribution in [0.4, 0.5) is 8.78 Å². The van der Waals surface area contributed by atoms with Gasteiger partial charge in [0, 0.05) is 6.42 Å². The predicted octanol–water partition coefficient (Wildman–Crippen LogP) is 1.78. The van der Waals surface area contributed by atoms with Crippen molar-refractivity contribution in [2.24, 2.45) is 5.73 Å². The molecule has 0 saturated carbocycles. The normalized spacial score (nSPS) is 10.6. The summed E-state index contributed by atoms with van der Waals surface area (Å²) in [6.45, 7) is -1.58. The molecule has 0 aliphatic heterocycles. The summed E-state index contributed by atoms with van der Waals surface area (Å²) in [5, 5.41) is 2.17. The number of amides is 1. The zero-order valence-electron chi connectivity index (χ0n) is 13.9. The van der Waals surface area contributed by atoms with Crippen molar-refractivity contribution in [3.63, 3.8) is 0 Å². The Hall–Kier alpha value is -1.80. The quantitative estimate of drug-likeness (QED) is 0.694. The number of nitrogens with two attached hydrogens (primary N) is 1. The van der Waals surface area contributed by atoms with Crippen molar-refractivity contribution in [2.75, 3.05) is 34.4 Å². The summed E-state index contributed by atoms with van der Waals surface area (Å²) >= 11 is 0. The highest BCUT2D eigenvalue weighted by Crippen LogP contribution is 2.40. The lowest BCUT2D eigenvalue weighted by atomic mass is 10.1. The number of benzene rings is 1. The standard InChI is InChI=1S/C15H22F2N2O4.ClH/c1-21-11-6-4-10(13(22-2)14(11)23-3)5-7-12(20)19-9-15(16,17)8-18;/h4,6H,5,7-9,18H2,1-3H3,(H,19,20);1H. The molecule has 0 atom stereocenters. The molecular formula is C15H23ClF2N2O4. The van der Waals surface area contributed by atoms with E-state index in [-0.39, 0.29) is 18.8 Å². The van der Waals surface area contributed by atoms with E-state index in [1.165, 1.54) is 21.3 Å². The molecule has 0 radical (unpaired) electrons. The molecule has 0 heterocycles. The lowest BCUT2D eigenvalue weighted by molar-refractivity contribution is -0.122. The van der Waals surface area contributed by atoms with E-state index in [4.69, 9.17) is 19.9 Å². The van der Waals surface area contributed by atoms with E-state index < -0.39 is 24.9 Å². The molecule has 1 amide bonds. The van der Waals surface area contributed by atoms with E-state index in [1.807, 2.05) is 0 Å². The van der Waals surface area contributed by atoms with Crippen molar-refractivity contribution >= 4 is 18.3 Å². The van der Waals surface area contributed by atoms with E-state index in [9.17, 15) is 13.6 Å². The Balaban J connectivity index is 0.00000529. The lowest BCUT2D eigenvalue weighted by Crippen LogP contribution is -2.41. The van der Waals surface area contributed by atoms with Gasteiger partial charge >= 0.3 is 0 Å². The van der Waals surface area contributed by atoms with Crippen LogP contribution in [0.25, 0.3) is 0 Å². The molecule has 0 aromatic heterocycles. The minimum Gasteiger partial charge on any atom is -0.493 e. The van der Waals surface area contributed by atoms with Crippen molar-refractivity contribution in [3.8, 4) is 17.2 Å². The molecule has 1 aromatic carbocycles. The van der Waals surface area contributed by atoms with Gasteiger partial charge in [0.05, 0.1) is 34.4 Å². The van der Waals surface area contributed by atoms with Gasteiger partial charge in [-0.25, -0.2) is 8.78 Å². The number of aryl methyl sites for hydroxylation is 1. The SMILES string of the molecule is COc1ccc(CCC(=O)NCC(F)(F)CN)c(OC)c1OC.Cl. The average Bonchev–Trinajstić information content (AvgIpc) is 2.56. The van der Waals surface area contributed by atoms with Crippen molar-refractivity contribution < 1.29 is 27.8 Å². The summed E-state index contributed by atoms with van der Waals surface area (Å²) in [6.07, 6.45) is 0.343. The van der Waals surface area contributed by atoms with Crippen LogP contribution in [0.2, 0.25) is 0 Å². The molecule has 24 heavy (non-hydrogen) atoms. The Morgan fingerprint density at radius 1 is 1.17 bits per heavy atom. The average molecular weight is 369 g/mol. The predicted molar refractivity (Wildman–Crippen MR) is 88.7 cm³/mol. The van der Waals surface area contributed by atoms with E-state index >= 15 is 0 Å². The summed E-state index contributed by atoms with van der Waals surface area (Å²) in [5.41, 5.74) is 5.62. The summed E-state index contributed by atoms with van der Waals surface area (Å²) < 4.78 is 41.7. The molecular weight excluding hydrogens is 346 g/mol. The minimum atomic E-state index is -3.10. The molecule has 1 aromatic rings. The van der Waals surface area contributed by atoms with E-state index in [1.54, 1.807) is 12.1 Å². The number of methoxy groups -OCH3 is 3. The van der Waals surface area contributed by atoms with Gasteiger partial charge in [0.1, 0.15) is 0 Å². The molecule has 0 unspecified atom stereocenters. The van der Waals surface area contributed by atoms with Crippen LogP contribution in [-0.4, -0.2) is 46.2 Å². The van der Waals surface area contributed by atoms with Crippen LogP contribution in [0.5, 0.6) is 17.2 Å². The Morgan fingerprint density at radius 3 is 2.29 bits per heavy atom. The van der Waals surface area contributed by atoms with Gasteiger partial charge in [-0.05, 0) is 18.1 Å². The zero-order chi connectivity index (χ0) is 17.5. The molecule has 0 spiro atoms. The van der Waals surface area contributed by atoms with Crippen LogP contribution >= 0.6 is 12.4 Å². The Morgan fingerprint density at radius 2 is 1.79 bits per heavy atom. The largest absolute Gasteiger partial charge is 0.493 e. The maximum atomic E-state index is 13.0. The fourth-order valence-electron chi connectivity index (χ4n) is 2.00.